The van der Waals surface area contributed by atoms with Crippen LogP contribution in [0.2, 0.25) is 0 Å². The zero-order chi connectivity index (χ0) is 17.4. The average Bonchev–Trinajstić information content (AvgIpc) is 3.08. The zero-order valence-electron chi connectivity index (χ0n) is 14.1. The maximum atomic E-state index is 12.1. The third-order valence-electron chi connectivity index (χ3n) is 4.18. The fourth-order valence-corrected chi connectivity index (χ4v) is 2.85. The molecule has 1 heterocycles. The molecule has 1 aliphatic rings. The quantitative estimate of drug-likeness (QED) is 0.700. The van der Waals surface area contributed by atoms with E-state index in [-0.39, 0.29) is 5.91 Å². The molecular formula is C18H25NO5. The molecule has 6 heteroatoms. The number of aliphatic carboxylic acids is 1. The summed E-state index contributed by atoms with van der Waals surface area (Å²) < 4.78 is 10.7. The second kappa shape index (κ2) is 9.27. The molecule has 132 valence electrons. The van der Waals surface area contributed by atoms with Gasteiger partial charge in [0, 0.05) is 20.1 Å². The first-order valence-electron chi connectivity index (χ1n) is 8.35. The van der Waals surface area contributed by atoms with Crippen LogP contribution in [-0.4, -0.2) is 54.8 Å². The van der Waals surface area contributed by atoms with E-state index in [1.807, 2.05) is 24.3 Å². The van der Waals surface area contributed by atoms with Crippen molar-refractivity contribution in [3.8, 4) is 5.75 Å². The second-order valence-corrected chi connectivity index (χ2v) is 5.92. The number of hydrogen-bond acceptors (Lipinski definition) is 4. The van der Waals surface area contributed by atoms with Crippen LogP contribution in [0.4, 0.5) is 0 Å². The molecular weight excluding hydrogens is 310 g/mol. The van der Waals surface area contributed by atoms with Crippen molar-refractivity contribution < 1.29 is 24.2 Å². The Morgan fingerprint density at radius 2 is 2.00 bits per heavy atom. The highest BCUT2D eigenvalue weighted by molar-refractivity contribution is 5.84. The Hall–Kier alpha value is -2.08. The van der Waals surface area contributed by atoms with Crippen LogP contribution in [-0.2, 0) is 20.7 Å². The predicted molar refractivity (Wildman–Crippen MR) is 89.1 cm³/mol. The summed E-state index contributed by atoms with van der Waals surface area (Å²) in [5.41, 5.74) is 1.19. The third kappa shape index (κ3) is 5.23. The molecule has 0 aliphatic carbocycles. The van der Waals surface area contributed by atoms with E-state index in [0.29, 0.717) is 39.0 Å². The van der Waals surface area contributed by atoms with E-state index in [4.69, 9.17) is 14.6 Å². The molecule has 0 aromatic heterocycles. The normalized spacial score (nSPS) is 17.0. The third-order valence-corrected chi connectivity index (χ3v) is 4.18. The molecule has 0 saturated carbocycles. The van der Waals surface area contributed by atoms with Gasteiger partial charge in [0.25, 0.3) is 0 Å². The summed E-state index contributed by atoms with van der Waals surface area (Å²) in [6.07, 6.45) is 3.07. The summed E-state index contributed by atoms with van der Waals surface area (Å²) in [7, 11) is 1.68. The Kier molecular flexibility index (Phi) is 7.06. The van der Waals surface area contributed by atoms with Crippen molar-refractivity contribution in [1.29, 1.82) is 0 Å². The maximum Gasteiger partial charge on any atom is 0.326 e. The number of carbonyl (C=O) groups excluding carboxylic acids is 1. The van der Waals surface area contributed by atoms with Crippen molar-refractivity contribution in [3.63, 3.8) is 0 Å². The summed E-state index contributed by atoms with van der Waals surface area (Å²) in [4.78, 5) is 24.7. The molecule has 0 radical (unpaired) electrons. The second-order valence-electron chi connectivity index (χ2n) is 5.92. The minimum Gasteiger partial charge on any atom is -0.494 e. The van der Waals surface area contributed by atoms with Gasteiger partial charge in [-0.25, -0.2) is 4.79 Å². The number of methoxy groups -OCH3 is 1. The van der Waals surface area contributed by atoms with E-state index in [0.717, 1.165) is 18.6 Å². The highest BCUT2D eigenvalue weighted by Crippen LogP contribution is 2.19. The van der Waals surface area contributed by atoms with E-state index in [1.165, 1.54) is 10.5 Å². The lowest BCUT2D eigenvalue weighted by atomic mass is 10.1. The molecule has 24 heavy (non-hydrogen) atoms. The summed E-state index contributed by atoms with van der Waals surface area (Å²) in [5.74, 6) is -0.239. The van der Waals surface area contributed by atoms with Gasteiger partial charge >= 0.3 is 5.97 Å². The van der Waals surface area contributed by atoms with E-state index in [2.05, 4.69) is 0 Å². The molecule has 2 rings (SSSR count). The first-order valence-corrected chi connectivity index (χ1v) is 8.35. The predicted octanol–water partition coefficient (Wildman–Crippen LogP) is 2.11. The van der Waals surface area contributed by atoms with Gasteiger partial charge in [-0.1, -0.05) is 12.1 Å². The van der Waals surface area contributed by atoms with Crippen molar-refractivity contribution in [1.82, 2.24) is 4.90 Å². The van der Waals surface area contributed by atoms with Gasteiger partial charge in [0.2, 0.25) is 5.91 Å². The number of carboxylic acids is 1. The number of ether oxygens (including phenoxy) is 2. The highest BCUT2D eigenvalue weighted by Gasteiger charge is 2.33. The average molecular weight is 335 g/mol. The lowest BCUT2D eigenvalue weighted by molar-refractivity contribution is -0.148. The number of amides is 1. The minimum absolute atomic E-state index is 0.0987. The minimum atomic E-state index is -0.911. The standard InChI is InChI=1S/C18H25NO5/c1-23-13-10-14-6-8-15(9-7-14)24-12-3-5-17(20)19-11-2-4-16(19)18(21)22/h6-9,16H,2-5,10-13H2,1H3,(H,21,22). The number of hydrogen-bond donors (Lipinski definition) is 1. The fraction of sp³-hybridized carbons (Fsp3) is 0.556. The van der Waals surface area contributed by atoms with E-state index in [1.54, 1.807) is 7.11 Å². The molecule has 1 N–H and O–H groups in total. The van der Waals surface area contributed by atoms with Gasteiger partial charge in [0.05, 0.1) is 13.2 Å². The Labute approximate surface area is 142 Å². The molecule has 1 unspecified atom stereocenters. The number of benzene rings is 1. The monoisotopic (exact) mass is 335 g/mol. The number of carbonyl (C=O) groups is 2. The molecule has 1 aromatic carbocycles. The van der Waals surface area contributed by atoms with Crippen molar-refractivity contribution in [2.45, 2.75) is 38.1 Å². The van der Waals surface area contributed by atoms with E-state index < -0.39 is 12.0 Å². The molecule has 1 amide bonds. The molecule has 1 aliphatic heterocycles. The van der Waals surface area contributed by atoms with Crippen LogP contribution >= 0.6 is 0 Å². The van der Waals surface area contributed by atoms with Crippen molar-refractivity contribution in [2.75, 3.05) is 26.9 Å². The van der Waals surface area contributed by atoms with Crippen LogP contribution in [0.3, 0.4) is 0 Å². The van der Waals surface area contributed by atoms with Gasteiger partial charge in [-0.15, -0.1) is 0 Å². The first-order chi connectivity index (χ1) is 11.6. The number of likely N-dealkylation sites (tertiary alicyclic amines) is 1. The van der Waals surface area contributed by atoms with Crippen LogP contribution in [0.1, 0.15) is 31.2 Å². The first kappa shape index (κ1) is 18.3. The molecule has 0 spiro atoms. The van der Waals surface area contributed by atoms with Crippen LogP contribution in [0.15, 0.2) is 24.3 Å². The lowest BCUT2D eigenvalue weighted by Crippen LogP contribution is -2.40. The molecule has 1 aromatic rings. The van der Waals surface area contributed by atoms with E-state index >= 15 is 0 Å². The van der Waals surface area contributed by atoms with Crippen LogP contribution < -0.4 is 4.74 Å². The summed E-state index contributed by atoms with van der Waals surface area (Å²) in [6.45, 7) is 1.67. The Balaban J connectivity index is 1.69. The molecule has 1 fully saturated rings. The Morgan fingerprint density at radius 3 is 2.67 bits per heavy atom. The number of rotatable bonds is 9. The Morgan fingerprint density at radius 1 is 1.25 bits per heavy atom. The maximum absolute atomic E-state index is 12.1. The van der Waals surface area contributed by atoms with Crippen LogP contribution in [0.25, 0.3) is 0 Å². The van der Waals surface area contributed by atoms with Gasteiger partial charge in [-0.05, 0) is 43.4 Å². The van der Waals surface area contributed by atoms with Crippen LogP contribution in [0, 0.1) is 0 Å². The molecule has 0 bridgehead atoms. The van der Waals surface area contributed by atoms with Gasteiger partial charge in [0.1, 0.15) is 11.8 Å². The molecule has 1 saturated heterocycles. The van der Waals surface area contributed by atoms with E-state index in [9.17, 15) is 9.59 Å². The molecule has 6 nitrogen and oxygen atoms in total. The van der Waals surface area contributed by atoms with Crippen molar-refractivity contribution in [2.24, 2.45) is 0 Å². The van der Waals surface area contributed by atoms with Crippen molar-refractivity contribution in [3.05, 3.63) is 29.8 Å². The van der Waals surface area contributed by atoms with Gasteiger partial charge in [-0.3, -0.25) is 4.79 Å². The lowest BCUT2D eigenvalue weighted by Gasteiger charge is -2.21. The summed E-state index contributed by atoms with van der Waals surface area (Å²) >= 11 is 0. The van der Waals surface area contributed by atoms with Crippen LogP contribution in [0.5, 0.6) is 5.75 Å². The van der Waals surface area contributed by atoms with Crippen molar-refractivity contribution >= 4 is 11.9 Å². The SMILES string of the molecule is COCCc1ccc(OCCCC(=O)N2CCCC2C(=O)O)cc1. The number of carboxylic acid groups (broad SMARTS) is 1. The van der Waals surface area contributed by atoms with Gasteiger partial charge in [-0.2, -0.15) is 0 Å². The smallest absolute Gasteiger partial charge is 0.326 e. The Bertz CT molecular complexity index is 543. The summed E-state index contributed by atoms with van der Waals surface area (Å²) in [5, 5.41) is 9.10. The molecule has 1 atom stereocenters. The zero-order valence-corrected chi connectivity index (χ0v) is 14.1. The topological polar surface area (TPSA) is 76.1 Å². The summed E-state index contributed by atoms with van der Waals surface area (Å²) in [6, 6.07) is 7.17. The largest absolute Gasteiger partial charge is 0.494 e. The van der Waals surface area contributed by atoms with Gasteiger partial charge in [0.15, 0.2) is 0 Å². The van der Waals surface area contributed by atoms with Gasteiger partial charge < -0.3 is 19.5 Å². The fourth-order valence-electron chi connectivity index (χ4n) is 2.85. The highest BCUT2D eigenvalue weighted by atomic mass is 16.5. The number of nitrogens with zero attached hydrogens (tertiary/aromatic N) is 1.